The molecule has 3 heterocycles. The van der Waals surface area contributed by atoms with Gasteiger partial charge in [-0.1, -0.05) is 20.8 Å². The lowest BCUT2D eigenvalue weighted by Crippen LogP contribution is -2.26. The maximum absolute atomic E-state index is 12.3. The zero-order valence-electron chi connectivity index (χ0n) is 17.3. The van der Waals surface area contributed by atoms with Gasteiger partial charge in [-0.25, -0.2) is 15.0 Å². The second-order valence-corrected chi connectivity index (χ2v) is 8.18. The minimum atomic E-state index is -0.352. The Balaban J connectivity index is 1.93. The zero-order chi connectivity index (χ0) is 20.3. The maximum atomic E-state index is 12.3. The lowest BCUT2D eigenvalue weighted by Gasteiger charge is -2.25. The molecule has 0 saturated carbocycles. The molecule has 1 saturated heterocycles. The van der Waals surface area contributed by atoms with Gasteiger partial charge in [0.05, 0.1) is 19.5 Å². The van der Waals surface area contributed by atoms with Gasteiger partial charge in [0.2, 0.25) is 0 Å². The van der Waals surface area contributed by atoms with Crippen molar-refractivity contribution in [1.29, 1.82) is 0 Å². The van der Waals surface area contributed by atoms with Crippen LogP contribution < -0.4 is 0 Å². The first-order chi connectivity index (χ1) is 13.3. The summed E-state index contributed by atoms with van der Waals surface area (Å²) >= 11 is 0. The van der Waals surface area contributed by atoms with Crippen molar-refractivity contribution in [3.05, 3.63) is 30.1 Å². The van der Waals surface area contributed by atoms with E-state index in [1.165, 1.54) is 20.4 Å². The number of carbonyl (C=O) groups excluding carboxylic acids is 1. The van der Waals surface area contributed by atoms with Crippen molar-refractivity contribution in [2.75, 3.05) is 27.4 Å². The van der Waals surface area contributed by atoms with Gasteiger partial charge >= 0.3 is 0 Å². The van der Waals surface area contributed by atoms with Crippen molar-refractivity contribution in [3.63, 3.8) is 0 Å². The van der Waals surface area contributed by atoms with E-state index in [0.29, 0.717) is 11.6 Å². The Morgan fingerprint density at radius 2 is 1.96 bits per heavy atom. The van der Waals surface area contributed by atoms with Crippen LogP contribution in [0.1, 0.15) is 49.9 Å². The van der Waals surface area contributed by atoms with Gasteiger partial charge in [-0.05, 0) is 18.8 Å². The van der Waals surface area contributed by atoms with Crippen LogP contribution in [0.25, 0.3) is 11.4 Å². The average Bonchev–Trinajstić information content (AvgIpc) is 3.12. The smallest absolute Gasteiger partial charge is 0.297 e. The van der Waals surface area contributed by atoms with E-state index in [4.69, 9.17) is 14.6 Å². The Morgan fingerprint density at radius 1 is 1.25 bits per heavy atom. The normalized spacial score (nSPS) is 15.6. The number of hydroxylamine groups is 2. The topological polar surface area (TPSA) is 82.4 Å². The molecule has 0 aliphatic carbocycles. The van der Waals surface area contributed by atoms with E-state index in [0.717, 1.165) is 49.2 Å². The molecule has 1 aliphatic rings. The van der Waals surface area contributed by atoms with Crippen LogP contribution in [0.4, 0.5) is 0 Å². The van der Waals surface area contributed by atoms with Crippen LogP contribution in [0.15, 0.2) is 18.6 Å². The van der Waals surface area contributed by atoms with Gasteiger partial charge in [-0.15, -0.1) is 0 Å². The quantitative estimate of drug-likeness (QED) is 0.734. The fourth-order valence-corrected chi connectivity index (χ4v) is 3.32. The third-order valence-corrected chi connectivity index (χ3v) is 4.92. The van der Waals surface area contributed by atoms with Crippen LogP contribution in [-0.4, -0.2) is 57.9 Å². The molecule has 0 unspecified atom stereocenters. The molecule has 8 nitrogen and oxygen atoms in total. The summed E-state index contributed by atoms with van der Waals surface area (Å²) in [4.78, 5) is 30.8. The summed E-state index contributed by atoms with van der Waals surface area (Å²) in [5, 5.41) is 1.12. The van der Waals surface area contributed by atoms with Gasteiger partial charge in [-0.2, -0.15) is 0 Å². The van der Waals surface area contributed by atoms with Crippen LogP contribution >= 0.6 is 0 Å². The molecule has 2 aromatic rings. The Kier molecular flexibility index (Phi) is 6.10. The Morgan fingerprint density at radius 3 is 2.61 bits per heavy atom. The van der Waals surface area contributed by atoms with Crippen molar-refractivity contribution in [1.82, 2.24) is 24.6 Å². The first-order valence-corrected chi connectivity index (χ1v) is 9.59. The number of nitrogens with zero attached hydrogens (tertiary/aromatic N) is 5. The van der Waals surface area contributed by atoms with Gasteiger partial charge < -0.3 is 9.30 Å². The van der Waals surface area contributed by atoms with Crippen molar-refractivity contribution >= 4 is 5.91 Å². The molecule has 3 rings (SSSR count). The molecule has 1 aliphatic heterocycles. The van der Waals surface area contributed by atoms with Crippen molar-refractivity contribution in [3.8, 4) is 11.4 Å². The van der Waals surface area contributed by atoms with E-state index in [2.05, 4.69) is 35.3 Å². The number of hydrogen-bond donors (Lipinski definition) is 0. The van der Waals surface area contributed by atoms with Crippen molar-refractivity contribution in [2.24, 2.45) is 5.92 Å². The van der Waals surface area contributed by atoms with E-state index in [9.17, 15) is 4.79 Å². The minimum Gasteiger partial charge on any atom is -0.381 e. The maximum Gasteiger partial charge on any atom is 0.297 e. The summed E-state index contributed by atoms with van der Waals surface area (Å²) in [6.45, 7) is 9.00. The van der Waals surface area contributed by atoms with Crippen molar-refractivity contribution in [2.45, 2.75) is 45.6 Å². The molecule has 0 atom stereocenters. The first-order valence-electron chi connectivity index (χ1n) is 9.59. The van der Waals surface area contributed by atoms with Crippen molar-refractivity contribution < 1.29 is 14.4 Å². The molecule has 1 amide bonds. The molecule has 1 fully saturated rings. The fourth-order valence-electron chi connectivity index (χ4n) is 3.32. The highest BCUT2D eigenvalue weighted by atomic mass is 16.7. The zero-order valence-corrected chi connectivity index (χ0v) is 17.3. The second-order valence-electron chi connectivity index (χ2n) is 8.18. The van der Waals surface area contributed by atoms with Crippen LogP contribution in [-0.2, 0) is 21.5 Å². The highest BCUT2D eigenvalue weighted by Gasteiger charge is 2.25. The van der Waals surface area contributed by atoms with Crippen LogP contribution in [0, 0.1) is 5.92 Å². The van der Waals surface area contributed by atoms with Crippen LogP contribution in [0.3, 0.4) is 0 Å². The first kappa shape index (κ1) is 20.4. The average molecular weight is 387 g/mol. The Hall–Kier alpha value is -2.32. The number of rotatable bonds is 5. The third kappa shape index (κ3) is 4.56. The van der Waals surface area contributed by atoms with Gasteiger partial charge in [0, 0.05) is 38.4 Å². The molecular formula is C20H29N5O3. The van der Waals surface area contributed by atoms with E-state index >= 15 is 0 Å². The molecule has 28 heavy (non-hydrogen) atoms. The van der Waals surface area contributed by atoms with E-state index in [1.807, 2.05) is 6.20 Å². The lowest BCUT2D eigenvalue weighted by molar-refractivity contribution is -0.0760. The third-order valence-electron chi connectivity index (χ3n) is 4.92. The van der Waals surface area contributed by atoms with Gasteiger partial charge in [-0.3, -0.25) is 14.6 Å². The number of hydrogen-bond acceptors (Lipinski definition) is 6. The molecule has 0 spiro atoms. The Labute approximate surface area is 165 Å². The SMILES string of the molecule is CON(C)C(=O)c1cncc(-c2cn(CC3CCOCC3)c(C(C)(C)C)n2)n1. The van der Waals surface area contributed by atoms with E-state index < -0.39 is 0 Å². The van der Waals surface area contributed by atoms with Gasteiger partial charge in [0.15, 0.2) is 0 Å². The summed E-state index contributed by atoms with van der Waals surface area (Å²) in [5.41, 5.74) is 1.41. The molecular weight excluding hydrogens is 358 g/mol. The Bertz CT molecular complexity index is 821. The highest BCUT2D eigenvalue weighted by Crippen LogP contribution is 2.28. The highest BCUT2D eigenvalue weighted by molar-refractivity contribution is 5.91. The lowest BCUT2D eigenvalue weighted by atomic mass is 9.94. The monoisotopic (exact) mass is 387 g/mol. The number of imidazole rings is 1. The molecule has 0 bridgehead atoms. The minimum absolute atomic E-state index is 0.111. The van der Waals surface area contributed by atoms with Crippen LogP contribution in [0.2, 0.25) is 0 Å². The summed E-state index contributed by atoms with van der Waals surface area (Å²) < 4.78 is 7.71. The fraction of sp³-hybridized carbons (Fsp3) is 0.600. The number of carbonyl (C=O) groups is 1. The number of amides is 1. The molecule has 2 aromatic heterocycles. The predicted octanol–water partition coefficient (Wildman–Crippen LogP) is 2.70. The van der Waals surface area contributed by atoms with E-state index in [1.54, 1.807) is 6.20 Å². The van der Waals surface area contributed by atoms with E-state index in [-0.39, 0.29) is 17.0 Å². The van der Waals surface area contributed by atoms with Crippen LogP contribution in [0.5, 0.6) is 0 Å². The molecule has 152 valence electrons. The summed E-state index contributed by atoms with van der Waals surface area (Å²) in [6.07, 6.45) is 7.21. The summed E-state index contributed by atoms with van der Waals surface area (Å²) in [7, 11) is 2.97. The number of aromatic nitrogens is 4. The summed E-state index contributed by atoms with van der Waals surface area (Å²) in [6, 6.07) is 0. The summed E-state index contributed by atoms with van der Waals surface area (Å²) in [5.74, 6) is 1.22. The molecule has 0 radical (unpaired) electrons. The number of ether oxygens (including phenoxy) is 1. The molecule has 0 N–H and O–H groups in total. The van der Waals surface area contributed by atoms with Gasteiger partial charge in [0.25, 0.3) is 5.91 Å². The standard InChI is InChI=1S/C20H29N5O3/c1-20(2,3)19-23-17(13-25(19)12-14-6-8-28-9-7-14)15-10-21-11-16(22-15)18(26)24(4)27-5/h10-11,13-14H,6-9,12H2,1-5H3. The largest absolute Gasteiger partial charge is 0.381 e. The molecule has 0 aromatic carbocycles. The predicted molar refractivity (Wildman–Crippen MR) is 105 cm³/mol. The van der Waals surface area contributed by atoms with Gasteiger partial charge in [0.1, 0.15) is 22.9 Å². The molecule has 8 heteroatoms. The second kappa shape index (κ2) is 8.36.